The first-order chi connectivity index (χ1) is 9.63. The number of aryl methyl sites for hydroxylation is 1. The van der Waals surface area contributed by atoms with Gasteiger partial charge in [-0.1, -0.05) is 12.1 Å². The number of nitrogens with zero attached hydrogens (tertiary/aromatic N) is 2. The topological polar surface area (TPSA) is 47.0 Å². The van der Waals surface area contributed by atoms with Crippen LogP contribution < -0.4 is 10.1 Å². The minimum absolute atomic E-state index is 0.705. The van der Waals surface area contributed by atoms with Gasteiger partial charge in [0.2, 0.25) is 0 Å². The Bertz CT molecular complexity index is 596. The lowest BCUT2D eigenvalue weighted by atomic mass is 10.1. The highest BCUT2D eigenvalue weighted by Crippen LogP contribution is 2.18. The van der Waals surface area contributed by atoms with E-state index in [1.165, 1.54) is 0 Å². The monoisotopic (exact) mass is 271 g/mol. The van der Waals surface area contributed by atoms with Gasteiger partial charge in [0.25, 0.3) is 0 Å². The molecule has 0 unspecified atom stereocenters. The molecule has 0 bridgehead atoms. The first-order valence-electron chi connectivity index (χ1n) is 6.85. The highest BCUT2D eigenvalue weighted by molar-refractivity contribution is 5.45. The zero-order chi connectivity index (χ0) is 14.5. The van der Waals surface area contributed by atoms with E-state index in [1.54, 1.807) is 7.11 Å². The molecule has 0 aliphatic carbocycles. The average Bonchev–Trinajstić information content (AvgIpc) is 2.44. The minimum Gasteiger partial charge on any atom is -0.497 e. The quantitative estimate of drug-likeness (QED) is 0.907. The molecule has 0 aliphatic heterocycles. The summed E-state index contributed by atoms with van der Waals surface area (Å²) in [6, 6.07) is 8.01. The second-order valence-corrected chi connectivity index (χ2v) is 4.76. The van der Waals surface area contributed by atoms with Gasteiger partial charge in [-0.3, -0.25) is 0 Å². The van der Waals surface area contributed by atoms with E-state index in [2.05, 4.69) is 28.3 Å². The van der Waals surface area contributed by atoms with E-state index in [4.69, 9.17) is 4.74 Å². The molecule has 4 nitrogen and oxygen atoms in total. The fourth-order valence-electron chi connectivity index (χ4n) is 2.07. The summed E-state index contributed by atoms with van der Waals surface area (Å²) < 4.78 is 5.24. The summed E-state index contributed by atoms with van der Waals surface area (Å²) in [7, 11) is 1.68. The molecular formula is C16H21N3O. The van der Waals surface area contributed by atoms with Crippen LogP contribution in [0.2, 0.25) is 0 Å². The number of ether oxygens (including phenoxy) is 1. The Morgan fingerprint density at radius 3 is 2.70 bits per heavy atom. The number of aromatic nitrogens is 2. The number of anilines is 1. The van der Waals surface area contributed by atoms with Crippen molar-refractivity contribution in [1.29, 1.82) is 0 Å². The van der Waals surface area contributed by atoms with Crippen molar-refractivity contribution in [3.8, 4) is 5.75 Å². The van der Waals surface area contributed by atoms with Gasteiger partial charge in [0, 0.05) is 24.2 Å². The molecule has 1 aromatic carbocycles. The van der Waals surface area contributed by atoms with Gasteiger partial charge in [-0.25, -0.2) is 9.97 Å². The summed E-state index contributed by atoms with van der Waals surface area (Å²) in [5.41, 5.74) is 3.28. The summed E-state index contributed by atoms with van der Waals surface area (Å²) in [5.74, 6) is 2.62. The van der Waals surface area contributed by atoms with E-state index in [1.807, 2.05) is 32.0 Å². The second kappa shape index (κ2) is 6.37. The third-order valence-electron chi connectivity index (χ3n) is 3.28. The average molecular weight is 271 g/mol. The maximum Gasteiger partial charge on any atom is 0.135 e. The van der Waals surface area contributed by atoms with Gasteiger partial charge in [0.15, 0.2) is 0 Å². The Labute approximate surface area is 120 Å². The third kappa shape index (κ3) is 3.26. The Morgan fingerprint density at radius 2 is 2.00 bits per heavy atom. The summed E-state index contributed by atoms with van der Waals surface area (Å²) in [6.45, 7) is 6.99. The van der Waals surface area contributed by atoms with E-state index < -0.39 is 0 Å². The molecule has 2 aromatic rings. The van der Waals surface area contributed by atoms with Crippen LogP contribution in [0.1, 0.15) is 29.6 Å². The summed E-state index contributed by atoms with van der Waals surface area (Å²) in [6.07, 6.45) is 0.705. The zero-order valence-corrected chi connectivity index (χ0v) is 12.5. The predicted molar refractivity (Wildman–Crippen MR) is 81.5 cm³/mol. The normalized spacial score (nSPS) is 10.4. The summed E-state index contributed by atoms with van der Waals surface area (Å²) in [4.78, 5) is 9.19. The first-order valence-corrected chi connectivity index (χ1v) is 6.85. The Hall–Kier alpha value is -2.10. The van der Waals surface area contributed by atoms with Crippen molar-refractivity contribution < 1.29 is 4.74 Å². The Kier molecular flexibility index (Phi) is 4.56. The molecule has 0 spiro atoms. The number of nitrogens with one attached hydrogen (secondary N) is 1. The Balaban J connectivity index is 2.28. The molecule has 0 amide bonds. The molecule has 2 rings (SSSR count). The summed E-state index contributed by atoms with van der Waals surface area (Å²) in [5, 5.41) is 3.29. The highest BCUT2D eigenvalue weighted by atomic mass is 16.5. The van der Waals surface area contributed by atoms with Crippen molar-refractivity contribution in [1.82, 2.24) is 9.97 Å². The lowest BCUT2D eigenvalue weighted by molar-refractivity contribution is 0.414. The van der Waals surface area contributed by atoms with Gasteiger partial charge in [-0.15, -0.1) is 0 Å². The van der Waals surface area contributed by atoms with Crippen LogP contribution in [0.25, 0.3) is 0 Å². The fourth-order valence-corrected chi connectivity index (χ4v) is 2.07. The lowest BCUT2D eigenvalue weighted by Crippen LogP contribution is -2.08. The number of rotatable bonds is 5. The molecule has 0 saturated carbocycles. The number of hydrogen-bond acceptors (Lipinski definition) is 4. The molecule has 0 saturated heterocycles. The van der Waals surface area contributed by atoms with Crippen LogP contribution in [-0.2, 0) is 6.42 Å². The van der Waals surface area contributed by atoms with Crippen molar-refractivity contribution in [2.45, 2.75) is 27.2 Å². The van der Waals surface area contributed by atoms with Crippen molar-refractivity contribution >= 4 is 5.82 Å². The number of methoxy groups -OCH3 is 1. The molecule has 1 N–H and O–H groups in total. The van der Waals surface area contributed by atoms with Gasteiger partial charge in [-0.2, -0.15) is 0 Å². The molecule has 1 aromatic heterocycles. The van der Waals surface area contributed by atoms with E-state index in [9.17, 15) is 0 Å². The third-order valence-corrected chi connectivity index (χ3v) is 3.28. The summed E-state index contributed by atoms with van der Waals surface area (Å²) >= 11 is 0. The smallest absolute Gasteiger partial charge is 0.135 e. The van der Waals surface area contributed by atoms with Crippen LogP contribution in [0.3, 0.4) is 0 Å². The van der Waals surface area contributed by atoms with E-state index >= 15 is 0 Å². The van der Waals surface area contributed by atoms with Crippen molar-refractivity contribution in [3.05, 3.63) is 46.9 Å². The van der Waals surface area contributed by atoms with Crippen molar-refractivity contribution in [3.63, 3.8) is 0 Å². The first kappa shape index (κ1) is 14.3. The lowest BCUT2D eigenvalue weighted by Gasteiger charge is -2.11. The van der Waals surface area contributed by atoms with Gasteiger partial charge in [0.05, 0.1) is 7.11 Å². The van der Waals surface area contributed by atoms with Gasteiger partial charge >= 0.3 is 0 Å². The van der Waals surface area contributed by atoms with Crippen LogP contribution in [0, 0.1) is 13.8 Å². The largest absolute Gasteiger partial charge is 0.497 e. The molecule has 0 atom stereocenters. The molecule has 0 fully saturated rings. The minimum atomic E-state index is 0.705. The van der Waals surface area contributed by atoms with Gasteiger partial charge in [0.1, 0.15) is 17.4 Å². The van der Waals surface area contributed by atoms with E-state index in [0.29, 0.717) is 6.42 Å². The van der Waals surface area contributed by atoms with Crippen LogP contribution in [-0.4, -0.2) is 23.6 Å². The second-order valence-electron chi connectivity index (χ2n) is 4.76. The maximum atomic E-state index is 5.24. The predicted octanol–water partition coefficient (Wildman–Crippen LogP) is 3.12. The van der Waals surface area contributed by atoms with Gasteiger partial charge < -0.3 is 10.1 Å². The van der Waals surface area contributed by atoms with Crippen LogP contribution >= 0.6 is 0 Å². The maximum absolute atomic E-state index is 5.24. The van der Waals surface area contributed by atoms with Crippen LogP contribution in [0.5, 0.6) is 5.75 Å². The molecule has 0 aliphatic rings. The molecule has 4 heteroatoms. The van der Waals surface area contributed by atoms with Crippen molar-refractivity contribution in [2.75, 3.05) is 19.0 Å². The Morgan fingerprint density at radius 1 is 1.20 bits per heavy atom. The van der Waals surface area contributed by atoms with Crippen molar-refractivity contribution in [2.24, 2.45) is 0 Å². The van der Waals surface area contributed by atoms with Gasteiger partial charge in [-0.05, 0) is 38.5 Å². The fraction of sp³-hybridized carbons (Fsp3) is 0.375. The molecule has 106 valence electrons. The molecule has 0 radical (unpaired) electrons. The van der Waals surface area contributed by atoms with E-state index in [-0.39, 0.29) is 0 Å². The molecule has 1 heterocycles. The molecule has 20 heavy (non-hydrogen) atoms. The van der Waals surface area contributed by atoms with E-state index in [0.717, 1.165) is 40.8 Å². The van der Waals surface area contributed by atoms with Crippen LogP contribution in [0.15, 0.2) is 24.3 Å². The standard InChI is InChI=1S/C16H21N3O/c1-5-17-16-11(2)12(3)18-15(19-16)10-13-7-6-8-14(9-13)20-4/h6-9H,5,10H2,1-4H3,(H,17,18,19). The SMILES string of the molecule is CCNc1nc(Cc2cccc(OC)c2)nc(C)c1C. The zero-order valence-electron chi connectivity index (χ0n) is 12.5. The highest BCUT2D eigenvalue weighted by Gasteiger charge is 2.08. The van der Waals surface area contributed by atoms with Crippen LogP contribution in [0.4, 0.5) is 5.82 Å². The number of hydrogen-bond donors (Lipinski definition) is 1. The molecular weight excluding hydrogens is 250 g/mol. The number of benzene rings is 1.